The van der Waals surface area contributed by atoms with Crippen molar-refractivity contribution in [3.63, 3.8) is 0 Å². The third-order valence-electron chi connectivity index (χ3n) is 3.57. The van der Waals surface area contributed by atoms with Gasteiger partial charge in [-0.1, -0.05) is 5.16 Å². The smallest absolute Gasteiger partial charge is 0.274 e. The third kappa shape index (κ3) is 3.23. The number of alkyl halides is 2. The first-order chi connectivity index (χ1) is 11.4. The van der Waals surface area contributed by atoms with Gasteiger partial charge < -0.3 is 14.2 Å². The van der Waals surface area contributed by atoms with Crippen molar-refractivity contribution < 1.29 is 22.8 Å². The van der Waals surface area contributed by atoms with Crippen molar-refractivity contribution in [2.75, 3.05) is 13.7 Å². The summed E-state index contributed by atoms with van der Waals surface area (Å²) >= 11 is 0. The fraction of sp³-hybridized carbons (Fsp3) is 0.500. The minimum atomic E-state index is -3.05. The Hall–Kier alpha value is -2.49. The van der Waals surface area contributed by atoms with Gasteiger partial charge in [-0.15, -0.1) is 0 Å². The highest BCUT2D eigenvalue weighted by atomic mass is 19.3. The van der Waals surface area contributed by atoms with Crippen molar-refractivity contribution in [2.24, 2.45) is 0 Å². The lowest BCUT2D eigenvalue weighted by Crippen LogP contribution is -2.33. The lowest BCUT2D eigenvalue weighted by atomic mass is 10.2. The molecule has 0 N–H and O–H groups in total. The Bertz CT molecular complexity index is 734. The van der Waals surface area contributed by atoms with E-state index in [0.717, 1.165) is 4.90 Å². The molecule has 0 aliphatic carbocycles. The SMILES string of the molecule is COCc1noc([C@@H]2CC(F)(F)CN2C(=O)c2cnc(C)cn2)n1. The number of rotatable bonds is 4. The van der Waals surface area contributed by atoms with Crippen LogP contribution in [0.3, 0.4) is 0 Å². The Balaban J connectivity index is 1.88. The first kappa shape index (κ1) is 16.4. The number of carbonyl (C=O) groups excluding carboxylic acids is 1. The fourth-order valence-corrected chi connectivity index (χ4v) is 2.49. The van der Waals surface area contributed by atoms with Gasteiger partial charge in [-0.25, -0.2) is 13.8 Å². The summed E-state index contributed by atoms with van der Waals surface area (Å²) in [7, 11) is 1.45. The molecule has 0 radical (unpaired) electrons. The summed E-state index contributed by atoms with van der Waals surface area (Å²) in [6, 6.07) is -1.02. The number of aryl methyl sites for hydroxylation is 1. The molecule has 1 aliphatic heterocycles. The van der Waals surface area contributed by atoms with E-state index in [1.165, 1.54) is 19.5 Å². The zero-order valence-electron chi connectivity index (χ0n) is 13.1. The fourth-order valence-electron chi connectivity index (χ4n) is 2.49. The molecule has 2 aromatic heterocycles. The molecule has 1 atom stereocenters. The number of likely N-dealkylation sites (tertiary alicyclic amines) is 1. The van der Waals surface area contributed by atoms with Gasteiger partial charge in [0.2, 0.25) is 5.89 Å². The molecule has 0 spiro atoms. The van der Waals surface area contributed by atoms with E-state index in [-0.39, 0.29) is 24.0 Å². The van der Waals surface area contributed by atoms with Gasteiger partial charge >= 0.3 is 0 Å². The molecule has 24 heavy (non-hydrogen) atoms. The molecular weight excluding hydrogens is 324 g/mol. The molecule has 0 aromatic carbocycles. The summed E-state index contributed by atoms with van der Waals surface area (Å²) in [5.74, 6) is -3.53. The molecule has 8 nitrogen and oxygen atoms in total. The number of aromatic nitrogens is 4. The summed E-state index contributed by atoms with van der Waals surface area (Å²) in [5.41, 5.74) is 0.607. The summed E-state index contributed by atoms with van der Waals surface area (Å²) < 4.78 is 37.7. The topological polar surface area (TPSA) is 94.2 Å². The first-order valence-electron chi connectivity index (χ1n) is 7.18. The van der Waals surface area contributed by atoms with Gasteiger partial charge in [-0.05, 0) is 6.92 Å². The number of halogens is 2. The minimum Gasteiger partial charge on any atom is -0.377 e. The third-order valence-corrected chi connectivity index (χ3v) is 3.57. The molecule has 1 aliphatic rings. The van der Waals surface area contributed by atoms with Gasteiger partial charge in [0.15, 0.2) is 5.82 Å². The van der Waals surface area contributed by atoms with E-state index in [2.05, 4.69) is 20.1 Å². The molecule has 128 valence electrons. The molecular formula is C14H15F2N5O3. The van der Waals surface area contributed by atoms with Crippen molar-refractivity contribution in [1.29, 1.82) is 0 Å². The maximum atomic E-state index is 13.9. The summed E-state index contributed by atoms with van der Waals surface area (Å²) in [6.07, 6.45) is 2.07. The van der Waals surface area contributed by atoms with Gasteiger partial charge in [0.1, 0.15) is 18.3 Å². The summed E-state index contributed by atoms with van der Waals surface area (Å²) in [6.45, 7) is 1.06. The number of nitrogens with zero attached hydrogens (tertiary/aromatic N) is 5. The van der Waals surface area contributed by atoms with Crippen LogP contribution in [0.1, 0.15) is 40.4 Å². The molecule has 0 bridgehead atoms. The van der Waals surface area contributed by atoms with Crippen LogP contribution in [0.5, 0.6) is 0 Å². The second kappa shape index (κ2) is 6.19. The highest BCUT2D eigenvalue weighted by Gasteiger charge is 2.50. The standard InChI is InChI=1S/C14H15F2N5O3/c1-8-4-18-9(5-17-8)13(22)21-7-14(15,16)3-10(21)12-19-11(6-23-2)20-24-12/h4-5,10H,3,6-7H2,1-2H3/t10-/m0/s1. The zero-order valence-corrected chi connectivity index (χ0v) is 13.1. The van der Waals surface area contributed by atoms with Crippen molar-refractivity contribution in [3.05, 3.63) is 35.5 Å². The highest BCUT2D eigenvalue weighted by molar-refractivity contribution is 5.92. The van der Waals surface area contributed by atoms with Crippen LogP contribution in [0.15, 0.2) is 16.9 Å². The van der Waals surface area contributed by atoms with Crippen LogP contribution in [-0.2, 0) is 11.3 Å². The van der Waals surface area contributed by atoms with Crippen LogP contribution in [0, 0.1) is 6.92 Å². The van der Waals surface area contributed by atoms with E-state index in [0.29, 0.717) is 5.69 Å². The monoisotopic (exact) mass is 339 g/mol. The minimum absolute atomic E-state index is 0.0140. The van der Waals surface area contributed by atoms with Crippen LogP contribution in [-0.4, -0.2) is 50.5 Å². The Morgan fingerprint density at radius 2 is 2.25 bits per heavy atom. The zero-order chi connectivity index (χ0) is 17.3. The number of hydrogen-bond donors (Lipinski definition) is 0. The average Bonchev–Trinajstić information content (AvgIpc) is 3.11. The number of ether oxygens (including phenoxy) is 1. The van der Waals surface area contributed by atoms with Gasteiger partial charge in [-0.2, -0.15) is 4.98 Å². The second-order valence-electron chi connectivity index (χ2n) is 5.53. The molecule has 1 saturated heterocycles. The van der Waals surface area contributed by atoms with E-state index in [1.54, 1.807) is 6.92 Å². The van der Waals surface area contributed by atoms with Gasteiger partial charge in [0, 0.05) is 19.7 Å². The van der Waals surface area contributed by atoms with Crippen molar-refractivity contribution in [3.8, 4) is 0 Å². The van der Waals surface area contributed by atoms with Crippen molar-refractivity contribution in [2.45, 2.75) is 31.9 Å². The second-order valence-corrected chi connectivity index (χ2v) is 5.53. The highest BCUT2D eigenvalue weighted by Crippen LogP contribution is 2.41. The number of amides is 1. The number of hydrogen-bond acceptors (Lipinski definition) is 7. The van der Waals surface area contributed by atoms with Gasteiger partial charge in [-0.3, -0.25) is 9.78 Å². The summed E-state index contributed by atoms with van der Waals surface area (Å²) in [4.78, 5) is 25.5. The Morgan fingerprint density at radius 1 is 1.46 bits per heavy atom. The Kier molecular flexibility index (Phi) is 4.22. The number of carbonyl (C=O) groups is 1. The van der Waals surface area contributed by atoms with Gasteiger partial charge in [0.25, 0.3) is 11.8 Å². The summed E-state index contributed by atoms with van der Waals surface area (Å²) in [5, 5.41) is 3.65. The van der Waals surface area contributed by atoms with Crippen molar-refractivity contribution >= 4 is 5.91 Å². The predicted octanol–water partition coefficient (Wildman–Crippen LogP) is 1.54. The Morgan fingerprint density at radius 3 is 2.92 bits per heavy atom. The van der Waals surface area contributed by atoms with Crippen LogP contribution >= 0.6 is 0 Å². The lowest BCUT2D eigenvalue weighted by Gasteiger charge is -2.20. The van der Waals surface area contributed by atoms with E-state index in [9.17, 15) is 13.6 Å². The van der Waals surface area contributed by atoms with Crippen LogP contribution in [0.4, 0.5) is 8.78 Å². The molecule has 1 amide bonds. The number of methoxy groups -OCH3 is 1. The molecule has 10 heteroatoms. The normalized spacial score (nSPS) is 19.7. The van der Waals surface area contributed by atoms with E-state index in [1.807, 2.05) is 0 Å². The largest absolute Gasteiger partial charge is 0.377 e. The quantitative estimate of drug-likeness (QED) is 0.834. The molecule has 0 unspecified atom stereocenters. The van der Waals surface area contributed by atoms with E-state index >= 15 is 0 Å². The van der Waals surface area contributed by atoms with Crippen molar-refractivity contribution in [1.82, 2.24) is 25.0 Å². The maximum Gasteiger partial charge on any atom is 0.274 e. The average molecular weight is 339 g/mol. The molecule has 3 rings (SSSR count). The van der Waals surface area contributed by atoms with E-state index < -0.39 is 30.8 Å². The Labute approximate surface area is 135 Å². The molecule has 1 fully saturated rings. The van der Waals surface area contributed by atoms with Crippen LogP contribution in [0.2, 0.25) is 0 Å². The maximum absolute atomic E-state index is 13.9. The molecule has 3 heterocycles. The molecule has 2 aromatic rings. The first-order valence-corrected chi connectivity index (χ1v) is 7.18. The van der Waals surface area contributed by atoms with Crippen LogP contribution < -0.4 is 0 Å². The van der Waals surface area contributed by atoms with Gasteiger partial charge in [0.05, 0.1) is 18.4 Å². The lowest BCUT2D eigenvalue weighted by molar-refractivity contribution is 0.0116. The van der Waals surface area contributed by atoms with E-state index in [4.69, 9.17) is 9.26 Å². The molecule has 0 saturated carbocycles. The van der Waals surface area contributed by atoms with Crippen LogP contribution in [0.25, 0.3) is 0 Å². The predicted molar refractivity (Wildman–Crippen MR) is 75.1 cm³/mol.